The number of carbonyl (C=O) groups excluding carboxylic acids is 1. The SMILES string of the molecule is CC(C)(C=O)Nc1nc(-c2c[nH]c3ncccc23)ncc1F. The van der Waals surface area contributed by atoms with Gasteiger partial charge >= 0.3 is 0 Å². The number of hydrogen-bond donors (Lipinski definition) is 2. The van der Waals surface area contributed by atoms with Crippen LogP contribution in [-0.4, -0.2) is 31.8 Å². The van der Waals surface area contributed by atoms with Gasteiger partial charge in [-0.3, -0.25) is 0 Å². The number of carbonyl (C=O) groups is 1. The number of rotatable bonds is 4. The van der Waals surface area contributed by atoms with Gasteiger partial charge in [-0.25, -0.2) is 19.3 Å². The first kappa shape index (κ1) is 14.1. The summed E-state index contributed by atoms with van der Waals surface area (Å²) in [6, 6.07) is 3.68. The Labute approximate surface area is 125 Å². The molecule has 0 aromatic carbocycles. The van der Waals surface area contributed by atoms with Gasteiger partial charge in [-0.2, -0.15) is 0 Å². The van der Waals surface area contributed by atoms with Crippen molar-refractivity contribution in [2.45, 2.75) is 19.4 Å². The molecule has 22 heavy (non-hydrogen) atoms. The second kappa shape index (κ2) is 5.18. The quantitative estimate of drug-likeness (QED) is 0.723. The molecule has 0 saturated heterocycles. The highest BCUT2D eigenvalue weighted by molar-refractivity contribution is 5.91. The van der Waals surface area contributed by atoms with E-state index in [1.165, 1.54) is 0 Å². The summed E-state index contributed by atoms with van der Waals surface area (Å²) in [7, 11) is 0. The lowest BCUT2D eigenvalue weighted by molar-refractivity contribution is -0.110. The average molecular weight is 299 g/mol. The van der Waals surface area contributed by atoms with Crippen molar-refractivity contribution < 1.29 is 9.18 Å². The molecule has 3 aromatic heterocycles. The molecule has 2 N–H and O–H groups in total. The monoisotopic (exact) mass is 299 g/mol. The van der Waals surface area contributed by atoms with E-state index in [0.717, 1.165) is 17.1 Å². The van der Waals surface area contributed by atoms with E-state index in [9.17, 15) is 9.18 Å². The van der Waals surface area contributed by atoms with Crippen molar-refractivity contribution in [2.75, 3.05) is 5.32 Å². The second-order valence-electron chi connectivity index (χ2n) is 5.46. The molecule has 0 aliphatic heterocycles. The molecule has 0 atom stereocenters. The maximum absolute atomic E-state index is 13.9. The number of hydrogen-bond acceptors (Lipinski definition) is 5. The summed E-state index contributed by atoms with van der Waals surface area (Å²) >= 11 is 0. The van der Waals surface area contributed by atoms with Crippen LogP contribution in [0.25, 0.3) is 22.4 Å². The molecule has 0 saturated carbocycles. The van der Waals surface area contributed by atoms with Gasteiger partial charge in [0.05, 0.1) is 11.7 Å². The molecular weight excluding hydrogens is 285 g/mol. The van der Waals surface area contributed by atoms with Crippen LogP contribution in [0.2, 0.25) is 0 Å². The number of H-pyrrole nitrogens is 1. The Balaban J connectivity index is 2.07. The number of nitrogens with one attached hydrogen (secondary N) is 2. The molecule has 0 bridgehead atoms. The van der Waals surface area contributed by atoms with Crippen LogP contribution in [0, 0.1) is 5.82 Å². The third-order valence-electron chi connectivity index (χ3n) is 3.17. The minimum Gasteiger partial charge on any atom is -0.356 e. The largest absolute Gasteiger partial charge is 0.356 e. The van der Waals surface area contributed by atoms with Crippen molar-refractivity contribution in [3.8, 4) is 11.4 Å². The van der Waals surface area contributed by atoms with E-state index >= 15 is 0 Å². The van der Waals surface area contributed by atoms with Gasteiger partial charge in [-0.05, 0) is 26.0 Å². The van der Waals surface area contributed by atoms with Crippen molar-refractivity contribution >= 4 is 23.1 Å². The smallest absolute Gasteiger partial charge is 0.183 e. The summed E-state index contributed by atoms with van der Waals surface area (Å²) in [4.78, 5) is 26.4. The predicted molar refractivity (Wildman–Crippen MR) is 80.8 cm³/mol. The first-order valence-corrected chi connectivity index (χ1v) is 6.70. The van der Waals surface area contributed by atoms with Crippen LogP contribution in [-0.2, 0) is 4.79 Å². The molecule has 6 nitrogen and oxygen atoms in total. The first-order valence-electron chi connectivity index (χ1n) is 6.70. The Hall–Kier alpha value is -2.83. The summed E-state index contributed by atoms with van der Waals surface area (Å²) in [5, 5.41) is 3.61. The lowest BCUT2D eigenvalue weighted by Crippen LogP contribution is -2.33. The minimum absolute atomic E-state index is 0.0136. The lowest BCUT2D eigenvalue weighted by Gasteiger charge is -2.20. The molecule has 0 aliphatic carbocycles. The van der Waals surface area contributed by atoms with Gasteiger partial charge < -0.3 is 15.1 Å². The zero-order valence-electron chi connectivity index (χ0n) is 12.1. The van der Waals surface area contributed by atoms with E-state index in [1.807, 2.05) is 6.07 Å². The van der Waals surface area contributed by atoms with Gasteiger partial charge in [0, 0.05) is 23.3 Å². The number of aromatic nitrogens is 4. The number of aldehydes is 1. The number of nitrogens with zero attached hydrogens (tertiary/aromatic N) is 3. The Bertz CT molecular complexity index is 843. The summed E-state index contributed by atoms with van der Waals surface area (Å²) in [6.45, 7) is 3.27. The summed E-state index contributed by atoms with van der Waals surface area (Å²) in [5.74, 6) is -0.276. The van der Waals surface area contributed by atoms with Crippen LogP contribution in [0.1, 0.15) is 13.8 Å². The van der Waals surface area contributed by atoms with E-state index in [-0.39, 0.29) is 5.82 Å². The van der Waals surface area contributed by atoms with Crippen molar-refractivity contribution in [1.29, 1.82) is 0 Å². The maximum atomic E-state index is 13.9. The molecule has 3 aromatic rings. The molecule has 0 unspecified atom stereocenters. The fourth-order valence-corrected chi connectivity index (χ4v) is 2.06. The summed E-state index contributed by atoms with van der Waals surface area (Å²) < 4.78 is 13.9. The highest BCUT2D eigenvalue weighted by Crippen LogP contribution is 2.26. The topological polar surface area (TPSA) is 83.6 Å². The Morgan fingerprint density at radius 3 is 2.95 bits per heavy atom. The third kappa shape index (κ3) is 2.52. The van der Waals surface area contributed by atoms with Crippen molar-refractivity contribution in [1.82, 2.24) is 19.9 Å². The molecule has 7 heteroatoms. The average Bonchev–Trinajstić information content (AvgIpc) is 2.93. The van der Waals surface area contributed by atoms with Gasteiger partial charge in [0.1, 0.15) is 11.9 Å². The molecule has 0 spiro atoms. The van der Waals surface area contributed by atoms with Crippen LogP contribution < -0.4 is 5.32 Å². The van der Waals surface area contributed by atoms with Crippen molar-refractivity contribution in [3.63, 3.8) is 0 Å². The minimum atomic E-state index is -0.922. The summed E-state index contributed by atoms with van der Waals surface area (Å²) in [5.41, 5.74) is 0.497. The predicted octanol–water partition coefficient (Wildman–Crippen LogP) is 2.55. The number of aromatic amines is 1. The van der Waals surface area contributed by atoms with E-state index in [1.54, 1.807) is 32.3 Å². The molecule has 3 rings (SSSR count). The van der Waals surface area contributed by atoms with Crippen LogP contribution in [0.3, 0.4) is 0 Å². The third-order valence-corrected chi connectivity index (χ3v) is 3.17. The maximum Gasteiger partial charge on any atom is 0.183 e. The first-order chi connectivity index (χ1) is 10.5. The van der Waals surface area contributed by atoms with Crippen molar-refractivity contribution in [3.05, 3.63) is 36.5 Å². The fraction of sp³-hybridized carbons (Fsp3) is 0.200. The number of fused-ring (bicyclic) bond motifs is 1. The summed E-state index contributed by atoms with van der Waals surface area (Å²) in [6.07, 6.45) is 5.18. The molecule has 0 amide bonds. The highest BCUT2D eigenvalue weighted by atomic mass is 19.1. The van der Waals surface area contributed by atoms with Gasteiger partial charge in [0.25, 0.3) is 0 Å². The molecule has 0 fully saturated rings. The normalized spacial score (nSPS) is 11.6. The molecule has 0 radical (unpaired) electrons. The Morgan fingerprint density at radius 1 is 1.36 bits per heavy atom. The molecular formula is C15H14FN5O. The molecule has 0 aliphatic rings. The van der Waals surface area contributed by atoms with Crippen LogP contribution >= 0.6 is 0 Å². The van der Waals surface area contributed by atoms with Crippen LogP contribution in [0.5, 0.6) is 0 Å². The number of halogens is 1. The fourth-order valence-electron chi connectivity index (χ4n) is 2.06. The standard InChI is InChI=1S/C15H14FN5O/c1-15(2,8-22)21-14-11(16)7-19-13(20-14)10-6-18-12-9(10)4-3-5-17-12/h3-8H,1-2H3,(H,17,18)(H,19,20,21). The van der Waals surface area contributed by atoms with E-state index in [0.29, 0.717) is 17.8 Å². The highest BCUT2D eigenvalue weighted by Gasteiger charge is 2.20. The van der Waals surface area contributed by atoms with E-state index < -0.39 is 11.4 Å². The zero-order chi connectivity index (χ0) is 15.7. The number of anilines is 1. The van der Waals surface area contributed by atoms with Gasteiger partial charge in [0.15, 0.2) is 17.5 Å². The Kier molecular flexibility index (Phi) is 3.32. The van der Waals surface area contributed by atoms with Gasteiger partial charge in [-0.15, -0.1) is 0 Å². The van der Waals surface area contributed by atoms with Crippen LogP contribution in [0.4, 0.5) is 10.2 Å². The number of pyridine rings is 1. The molecule has 3 heterocycles. The second-order valence-corrected chi connectivity index (χ2v) is 5.46. The van der Waals surface area contributed by atoms with Gasteiger partial charge in [-0.1, -0.05) is 0 Å². The van der Waals surface area contributed by atoms with E-state index in [4.69, 9.17) is 0 Å². The Morgan fingerprint density at radius 2 is 2.18 bits per heavy atom. The lowest BCUT2D eigenvalue weighted by atomic mass is 10.1. The zero-order valence-corrected chi connectivity index (χ0v) is 12.1. The van der Waals surface area contributed by atoms with E-state index in [2.05, 4.69) is 25.3 Å². The molecule has 112 valence electrons. The van der Waals surface area contributed by atoms with Crippen molar-refractivity contribution in [2.24, 2.45) is 0 Å². The van der Waals surface area contributed by atoms with Crippen LogP contribution in [0.15, 0.2) is 30.7 Å². The van der Waals surface area contributed by atoms with Gasteiger partial charge in [0.2, 0.25) is 0 Å².